The molecule has 1 heterocycles. The molecule has 4 aromatic rings. The number of nitrogens with one attached hydrogen (secondary N) is 1. The lowest BCUT2D eigenvalue weighted by molar-refractivity contribution is 0.0527. The van der Waals surface area contributed by atoms with Crippen LogP contribution < -0.4 is 5.32 Å². The molecule has 146 valence electrons. The van der Waals surface area contributed by atoms with Gasteiger partial charge in [0.2, 0.25) is 0 Å². The Bertz CT molecular complexity index is 1150. The second kappa shape index (κ2) is 8.10. The summed E-state index contributed by atoms with van der Waals surface area (Å²) < 4.78 is 7.31. The van der Waals surface area contributed by atoms with Gasteiger partial charge in [-0.1, -0.05) is 30.3 Å². The van der Waals surface area contributed by atoms with Crippen molar-refractivity contribution in [3.05, 3.63) is 90.1 Å². The van der Waals surface area contributed by atoms with Gasteiger partial charge in [0.15, 0.2) is 0 Å². The quantitative estimate of drug-likeness (QED) is 0.348. The van der Waals surface area contributed by atoms with Gasteiger partial charge in [-0.25, -0.2) is 4.79 Å². The molecule has 29 heavy (non-hydrogen) atoms. The summed E-state index contributed by atoms with van der Waals surface area (Å²) in [5.74, 6) is -0.451. The van der Waals surface area contributed by atoms with Crippen LogP contribution in [-0.2, 0) is 11.3 Å². The normalized spacial score (nSPS) is 10.8. The molecule has 0 amide bonds. The number of hydrogen-bond acceptors (Lipinski definition) is 4. The number of nitrogens with zero attached hydrogens (tertiary/aromatic N) is 1. The van der Waals surface area contributed by atoms with Crippen molar-refractivity contribution in [2.45, 2.75) is 13.5 Å². The summed E-state index contributed by atoms with van der Waals surface area (Å²) in [6, 6.07) is 23.1. The van der Waals surface area contributed by atoms with Gasteiger partial charge in [-0.3, -0.25) is 0 Å². The number of hydrogen-bond donors (Lipinski definition) is 2. The molecule has 0 atom stereocenters. The molecule has 4 rings (SSSR count). The lowest BCUT2D eigenvalue weighted by Crippen LogP contribution is -2.07. The zero-order valence-corrected chi connectivity index (χ0v) is 16.1. The Labute approximate surface area is 169 Å². The van der Waals surface area contributed by atoms with Crippen molar-refractivity contribution in [3.8, 4) is 5.75 Å². The number of benzene rings is 3. The molecular weight excluding hydrogens is 364 g/mol. The van der Waals surface area contributed by atoms with E-state index in [4.69, 9.17) is 4.74 Å². The zero-order chi connectivity index (χ0) is 20.2. The first-order valence-corrected chi connectivity index (χ1v) is 9.54. The second-order valence-electron chi connectivity index (χ2n) is 6.78. The van der Waals surface area contributed by atoms with Crippen LogP contribution in [0.2, 0.25) is 0 Å². The number of rotatable bonds is 6. The average Bonchev–Trinajstić information content (AvgIpc) is 3.12. The van der Waals surface area contributed by atoms with E-state index in [0.29, 0.717) is 11.3 Å². The fourth-order valence-electron chi connectivity index (χ4n) is 3.37. The smallest absolute Gasteiger partial charge is 0.340 e. The number of carbonyl (C=O) groups is 1. The van der Waals surface area contributed by atoms with Gasteiger partial charge in [0.05, 0.1) is 17.9 Å². The fourth-order valence-corrected chi connectivity index (χ4v) is 3.37. The number of phenols is 1. The zero-order valence-electron chi connectivity index (χ0n) is 16.1. The van der Waals surface area contributed by atoms with Gasteiger partial charge in [-0.2, -0.15) is 0 Å². The highest BCUT2D eigenvalue weighted by Gasteiger charge is 2.14. The maximum atomic E-state index is 12.2. The van der Waals surface area contributed by atoms with Crippen LogP contribution in [0.15, 0.2) is 79.0 Å². The highest BCUT2D eigenvalue weighted by Crippen LogP contribution is 2.28. The standard InChI is InChI=1S/C24H22N2O3/c1-2-29-24(28)21-15-20(27)9-10-22(21)25-19-8-11-23-18(14-19)12-13-26(23)16-17-6-4-3-5-7-17/h3-15,25,27H,2,16H2,1H3. The van der Waals surface area contributed by atoms with Crippen molar-refractivity contribution >= 4 is 28.2 Å². The van der Waals surface area contributed by atoms with Gasteiger partial charge in [0, 0.05) is 29.3 Å². The Hall–Kier alpha value is -3.73. The Morgan fingerprint density at radius 1 is 1.03 bits per heavy atom. The topological polar surface area (TPSA) is 63.5 Å². The van der Waals surface area contributed by atoms with E-state index in [1.54, 1.807) is 19.1 Å². The number of esters is 1. The van der Waals surface area contributed by atoms with Crippen molar-refractivity contribution in [3.63, 3.8) is 0 Å². The van der Waals surface area contributed by atoms with Crippen molar-refractivity contribution in [2.75, 3.05) is 11.9 Å². The van der Waals surface area contributed by atoms with Gasteiger partial charge in [0.25, 0.3) is 0 Å². The molecule has 2 N–H and O–H groups in total. The molecule has 0 saturated carbocycles. The van der Waals surface area contributed by atoms with Crippen LogP contribution in [0, 0.1) is 0 Å². The monoisotopic (exact) mass is 386 g/mol. The number of aromatic nitrogens is 1. The highest BCUT2D eigenvalue weighted by atomic mass is 16.5. The number of carbonyl (C=O) groups excluding carboxylic acids is 1. The maximum absolute atomic E-state index is 12.2. The molecule has 5 heteroatoms. The van der Waals surface area contributed by atoms with E-state index in [9.17, 15) is 9.90 Å². The molecular formula is C24H22N2O3. The van der Waals surface area contributed by atoms with Gasteiger partial charge >= 0.3 is 5.97 Å². The van der Waals surface area contributed by atoms with E-state index in [2.05, 4.69) is 40.3 Å². The summed E-state index contributed by atoms with van der Waals surface area (Å²) in [4.78, 5) is 12.2. The molecule has 1 aromatic heterocycles. The van der Waals surface area contributed by atoms with Crippen LogP contribution in [-0.4, -0.2) is 22.2 Å². The van der Waals surface area contributed by atoms with E-state index >= 15 is 0 Å². The minimum Gasteiger partial charge on any atom is -0.508 e. The van der Waals surface area contributed by atoms with Crippen molar-refractivity contribution in [2.24, 2.45) is 0 Å². The van der Waals surface area contributed by atoms with Crippen LogP contribution in [0.25, 0.3) is 10.9 Å². The Balaban J connectivity index is 1.61. The third-order valence-corrected chi connectivity index (χ3v) is 4.74. The largest absolute Gasteiger partial charge is 0.508 e. The second-order valence-corrected chi connectivity index (χ2v) is 6.78. The number of anilines is 2. The van der Waals surface area contributed by atoms with Crippen molar-refractivity contribution in [1.29, 1.82) is 0 Å². The molecule has 0 spiro atoms. The van der Waals surface area contributed by atoms with Crippen LogP contribution in [0.1, 0.15) is 22.8 Å². The Morgan fingerprint density at radius 2 is 1.86 bits per heavy atom. The van der Waals surface area contributed by atoms with E-state index in [-0.39, 0.29) is 12.4 Å². The van der Waals surface area contributed by atoms with E-state index in [1.165, 1.54) is 11.6 Å². The number of aromatic hydroxyl groups is 1. The van der Waals surface area contributed by atoms with E-state index in [1.807, 2.05) is 30.3 Å². The van der Waals surface area contributed by atoms with Gasteiger partial charge < -0.3 is 19.7 Å². The van der Waals surface area contributed by atoms with Crippen LogP contribution in [0.5, 0.6) is 5.75 Å². The van der Waals surface area contributed by atoms with Gasteiger partial charge in [-0.15, -0.1) is 0 Å². The first-order chi connectivity index (χ1) is 14.1. The third kappa shape index (κ3) is 4.09. The van der Waals surface area contributed by atoms with Gasteiger partial charge in [-0.05, 0) is 55.0 Å². The van der Waals surface area contributed by atoms with Crippen molar-refractivity contribution < 1.29 is 14.6 Å². The number of ether oxygens (including phenoxy) is 1. The van der Waals surface area contributed by atoms with Gasteiger partial charge in [0.1, 0.15) is 5.75 Å². The third-order valence-electron chi connectivity index (χ3n) is 4.74. The number of phenolic OH excluding ortho intramolecular Hbond substituents is 1. The van der Waals surface area contributed by atoms with Crippen LogP contribution in [0.3, 0.4) is 0 Å². The lowest BCUT2D eigenvalue weighted by atomic mass is 10.1. The molecule has 0 aliphatic carbocycles. The molecule has 0 radical (unpaired) electrons. The molecule has 3 aromatic carbocycles. The molecule has 0 fully saturated rings. The molecule has 0 aliphatic rings. The molecule has 0 aliphatic heterocycles. The average molecular weight is 386 g/mol. The minimum atomic E-state index is -0.471. The van der Waals surface area contributed by atoms with Crippen LogP contribution >= 0.6 is 0 Å². The summed E-state index contributed by atoms with van der Waals surface area (Å²) in [7, 11) is 0. The molecule has 0 unspecified atom stereocenters. The first-order valence-electron chi connectivity index (χ1n) is 9.54. The van der Waals surface area contributed by atoms with E-state index < -0.39 is 5.97 Å². The summed E-state index contributed by atoms with van der Waals surface area (Å²) in [6.45, 7) is 2.83. The Kier molecular flexibility index (Phi) is 5.20. The fraction of sp³-hybridized carbons (Fsp3) is 0.125. The van der Waals surface area contributed by atoms with Crippen molar-refractivity contribution in [1.82, 2.24) is 4.57 Å². The van der Waals surface area contributed by atoms with E-state index in [0.717, 1.165) is 23.1 Å². The SMILES string of the molecule is CCOC(=O)c1cc(O)ccc1Nc1ccc2c(ccn2Cc2ccccc2)c1. The Morgan fingerprint density at radius 3 is 2.66 bits per heavy atom. The summed E-state index contributed by atoms with van der Waals surface area (Å²) >= 11 is 0. The van der Waals surface area contributed by atoms with Crippen LogP contribution in [0.4, 0.5) is 11.4 Å². The summed E-state index contributed by atoms with van der Waals surface area (Å²) in [6.07, 6.45) is 2.08. The summed E-state index contributed by atoms with van der Waals surface area (Å²) in [5, 5.41) is 14.1. The predicted octanol–water partition coefficient (Wildman–Crippen LogP) is 5.32. The lowest BCUT2D eigenvalue weighted by Gasteiger charge is -2.12. The minimum absolute atomic E-state index is 0.0204. The predicted molar refractivity (Wildman–Crippen MR) is 115 cm³/mol. The molecule has 0 bridgehead atoms. The highest BCUT2D eigenvalue weighted by molar-refractivity contribution is 5.97. The summed E-state index contributed by atoms with van der Waals surface area (Å²) in [5.41, 5.74) is 4.12. The first kappa shape index (κ1) is 18.6. The molecule has 5 nitrogen and oxygen atoms in total. The maximum Gasteiger partial charge on any atom is 0.340 e. The molecule has 0 saturated heterocycles. The number of fused-ring (bicyclic) bond motifs is 1.